The molecule has 42 valence electrons. The third-order valence-electron chi connectivity index (χ3n) is 1.35. The lowest BCUT2D eigenvalue weighted by molar-refractivity contribution is 0.523. The van der Waals surface area contributed by atoms with Gasteiger partial charge in [-0.1, -0.05) is 6.42 Å². The molecule has 0 unspecified atom stereocenters. The van der Waals surface area contributed by atoms with Crippen molar-refractivity contribution in [3.05, 3.63) is 0 Å². The second-order valence-electron chi connectivity index (χ2n) is 1.85. The van der Waals surface area contributed by atoms with E-state index in [4.69, 9.17) is 5.11 Å². The zero-order valence-corrected chi connectivity index (χ0v) is 5.06. The third kappa shape index (κ3) is 1.28. The van der Waals surface area contributed by atoms with E-state index in [0.717, 1.165) is 16.6 Å². The molecule has 0 bridgehead atoms. The van der Waals surface area contributed by atoms with Crippen molar-refractivity contribution in [1.29, 1.82) is 0 Å². The van der Waals surface area contributed by atoms with Crippen LogP contribution in [-0.2, 0) is 0 Å². The van der Waals surface area contributed by atoms with Gasteiger partial charge in [-0.15, -0.1) is 0 Å². The normalized spacial score (nSPS) is 24.1. The highest BCUT2D eigenvalue weighted by atomic mass is 32.1. The van der Waals surface area contributed by atoms with Crippen molar-refractivity contribution >= 4 is 16.9 Å². The number of aliphatic hydroxyl groups excluding tert-OH is 1. The molecule has 1 N–H and O–H groups in total. The first kappa shape index (κ1) is 5.32. The molecule has 1 saturated carbocycles. The quantitative estimate of drug-likeness (QED) is 0.393. The average Bonchev–Trinajstić information content (AvgIpc) is 1.55. The molecule has 7 heavy (non-hydrogen) atoms. The van der Waals surface area contributed by atoms with Crippen LogP contribution in [-0.4, -0.2) is 15.9 Å². The van der Waals surface area contributed by atoms with E-state index in [0.29, 0.717) is 0 Å². The number of hydrogen-bond acceptors (Lipinski definition) is 0. The first-order valence-electron chi connectivity index (χ1n) is 2.59. The van der Waals surface area contributed by atoms with Gasteiger partial charge in [0.05, 0.1) is 5.55 Å². The predicted molar refractivity (Wildman–Crippen MR) is 35.3 cm³/mol. The number of rotatable bonds is 1. The van der Waals surface area contributed by atoms with Crippen LogP contribution in [0.5, 0.6) is 0 Å². The zero-order chi connectivity index (χ0) is 5.11. The molecule has 0 spiro atoms. The van der Waals surface area contributed by atoms with Crippen LogP contribution < -0.4 is 0 Å². The summed E-state index contributed by atoms with van der Waals surface area (Å²) >= 11 is 1.13. The SMILES string of the molecule is OC=[SH]C1CCC1. The Hall–Kier alpha value is 0.180. The Morgan fingerprint density at radius 2 is 2.29 bits per heavy atom. The Morgan fingerprint density at radius 1 is 1.57 bits per heavy atom. The summed E-state index contributed by atoms with van der Waals surface area (Å²) in [5, 5.41) is 9.06. The van der Waals surface area contributed by atoms with Gasteiger partial charge < -0.3 is 5.11 Å². The van der Waals surface area contributed by atoms with Crippen molar-refractivity contribution in [2.45, 2.75) is 24.5 Å². The largest absolute Gasteiger partial charge is 0.363 e. The molecule has 0 aromatic heterocycles. The number of aliphatic hydroxyl groups is 1. The fourth-order valence-electron chi connectivity index (χ4n) is 0.630. The zero-order valence-electron chi connectivity index (χ0n) is 4.17. The molecule has 0 heterocycles. The van der Waals surface area contributed by atoms with E-state index in [-0.39, 0.29) is 0 Å². The van der Waals surface area contributed by atoms with Crippen LogP contribution in [0.3, 0.4) is 0 Å². The van der Waals surface area contributed by atoms with Gasteiger partial charge in [-0.3, -0.25) is 0 Å². The molecule has 2 heteroatoms. The lowest BCUT2D eigenvalue weighted by Crippen LogP contribution is -2.10. The van der Waals surface area contributed by atoms with Crippen LogP contribution in [0.25, 0.3) is 0 Å². The van der Waals surface area contributed by atoms with E-state index in [1.807, 2.05) is 0 Å². The second-order valence-corrected chi connectivity index (χ2v) is 3.11. The molecule has 0 atom stereocenters. The summed E-state index contributed by atoms with van der Waals surface area (Å²) in [5.74, 6) is 0. The molecule has 0 aliphatic heterocycles. The third-order valence-corrected chi connectivity index (χ3v) is 2.42. The molecular weight excluding hydrogens is 108 g/mol. The summed E-state index contributed by atoms with van der Waals surface area (Å²) in [6, 6.07) is 0. The molecule has 1 aliphatic carbocycles. The Balaban J connectivity index is 2.14. The summed E-state index contributed by atoms with van der Waals surface area (Å²) in [5.41, 5.74) is 1.25. The highest BCUT2D eigenvalue weighted by Gasteiger charge is 2.12. The van der Waals surface area contributed by atoms with E-state index in [1.165, 1.54) is 24.8 Å². The molecule has 0 aromatic rings. The van der Waals surface area contributed by atoms with Gasteiger partial charge in [0.2, 0.25) is 0 Å². The number of hydrogen-bond donors (Lipinski definition) is 2. The summed E-state index contributed by atoms with van der Waals surface area (Å²) in [7, 11) is 0. The maximum atomic E-state index is 8.26. The predicted octanol–water partition coefficient (Wildman–Crippen LogP) is 1.32. The Kier molecular flexibility index (Phi) is 1.88. The van der Waals surface area contributed by atoms with Crippen LogP contribution in [0.1, 0.15) is 19.3 Å². The summed E-state index contributed by atoms with van der Waals surface area (Å²) in [4.78, 5) is 0. The van der Waals surface area contributed by atoms with Gasteiger partial charge in [0.15, 0.2) is 0 Å². The van der Waals surface area contributed by atoms with E-state index in [1.54, 1.807) is 0 Å². The minimum absolute atomic E-state index is 0.796. The first-order valence-corrected chi connectivity index (χ1v) is 3.62. The van der Waals surface area contributed by atoms with Gasteiger partial charge in [0.25, 0.3) is 0 Å². The molecule has 0 radical (unpaired) electrons. The molecule has 1 fully saturated rings. The Morgan fingerprint density at radius 3 is 2.43 bits per heavy atom. The van der Waals surface area contributed by atoms with E-state index in [9.17, 15) is 0 Å². The monoisotopic (exact) mass is 118 g/mol. The van der Waals surface area contributed by atoms with Gasteiger partial charge in [0.1, 0.15) is 0 Å². The minimum Gasteiger partial charge on any atom is -0.363 e. The smallest absolute Gasteiger partial charge is 0.0563 e. The first-order chi connectivity index (χ1) is 3.43. The molecule has 1 aliphatic rings. The van der Waals surface area contributed by atoms with Gasteiger partial charge in [0, 0.05) is 0 Å². The molecule has 0 aromatic carbocycles. The van der Waals surface area contributed by atoms with Crippen LogP contribution in [0, 0.1) is 0 Å². The van der Waals surface area contributed by atoms with Crippen LogP contribution >= 0.6 is 11.4 Å². The Labute approximate surface area is 47.3 Å². The highest BCUT2D eigenvalue weighted by molar-refractivity contribution is 7.97. The van der Waals surface area contributed by atoms with Crippen LogP contribution in [0.4, 0.5) is 0 Å². The summed E-state index contributed by atoms with van der Waals surface area (Å²) in [6.45, 7) is 0. The standard InChI is InChI=1S/C5H10OS/c6-4-7-5-2-1-3-5/h4-7H,1-3H2. The van der Waals surface area contributed by atoms with Gasteiger partial charge in [-0.05, 0) is 18.1 Å². The van der Waals surface area contributed by atoms with Gasteiger partial charge in [-0.25, -0.2) is 0 Å². The summed E-state index contributed by atoms with van der Waals surface area (Å²) < 4.78 is 0. The maximum Gasteiger partial charge on any atom is 0.0563 e. The van der Waals surface area contributed by atoms with Crippen molar-refractivity contribution in [2.75, 3.05) is 0 Å². The van der Waals surface area contributed by atoms with Crippen molar-refractivity contribution in [1.82, 2.24) is 0 Å². The topological polar surface area (TPSA) is 20.2 Å². The fourth-order valence-corrected chi connectivity index (χ4v) is 1.48. The Bertz CT molecular complexity index is 76.1. The minimum atomic E-state index is 0.796. The average molecular weight is 118 g/mol. The van der Waals surface area contributed by atoms with Crippen molar-refractivity contribution < 1.29 is 5.11 Å². The van der Waals surface area contributed by atoms with E-state index < -0.39 is 0 Å². The maximum absolute atomic E-state index is 8.26. The lowest BCUT2D eigenvalue weighted by Gasteiger charge is -2.20. The number of thiol groups is 1. The van der Waals surface area contributed by atoms with Crippen molar-refractivity contribution in [2.24, 2.45) is 0 Å². The molecule has 1 nitrogen and oxygen atoms in total. The van der Waals surface area contributed by atoms with Crippen molar-refractivity contribution in [3.63, 3.8) is 0 Å². The second kappa shape index (κ2) is 2.48. The van der Waals surface area contributed by atoms with E-state index >= 15 is 0 Å². The molecule has 0 saturated heterocycles. The lowest BCUT2D eigenvalue weighted by atomic mass is 10.0. The summed E-state index contributed by atoms with van der Waals surface area (Å²) in [6.07, 6.45) is 4.00. The van der Waals surface area contributed by atoms with Gasteiger partial charge >= 0.3 is 0 Å². The van der Waals surface area contributed by atoms with Crippen LogP contribution in [0.2, 0.25) is 0 Å². The van der Waals surface area contributed by atoms with Gasteiger partial charge in [-0.2, -0.15) is 11.4 Å². The van der Waals surface area contributed by atoms with E-state index in [2.05, 4.69) is 0 Å². The van der Waals surface area contributed by atoms with Crippen LogP contribution in [0.15, 0.2) is 0 Å². The highest BCUT2D eigenvalue weighted by Crippen LogP contribution is 2.25. The molecule has 1 rings (SSSR count). The molecule has 0 amide bonds. The fraction of sp³-hybridized carbons (Fsp3) is 0.800. The molecular formula is C5H10OS. The van der Waals surface area contributed by atoms with Crippen molar-refractivity contribution in [3.8, 4) is 0 Å².